The van der Waals surface area contributed by atoms with Crippen molar-refractivity contribution in [3.63, 3.8) is 0 Å². The summed E-state index contributed by atoms with van der Waals surface area (Å²) in [5.74, 6) is 0. The summed E-state index contributed by atoms with van der Waals surface area (Å²) in [6.07, 6.45) is 7.84. The molecule has 3 nitrogen and oxygen atoms in total. The van der Waals surface area contributed by atoms with E-state index in [9.17, 15) is 4.79 Å². The van der Waals surface area contributed by atoms with E-state index in [1.54, 1.807) is 7.11 Å². The molecule has 0 bridgehead atoms. The van der Waals surface area contributed by atoms with Gasteiger partial charge in [0.1, 0.15) is 6.10 Å². The Morgan fingerprint density at radius 1 is 1.43 bits per heavy atom. The van der Waals surface area contributed by atoms with Crippen molar-refractivity contribution in [2.45, 2.75) is 37.9 Å². The van der Waals surface area contributed by atoms with Crippen LogP contribution in [0.2, 0.25) is 0 Å². The van der Waals surface area contributed by atoms with Crippen molar-refractivity contribution in [1.82, 2.24) is 0 Å². The van der Waals surface area contributed by atoms with E-state index >= 15 is 0 Å². The van der Waals surface area contributed by atoms with Crippen LogP contribution in [0.3, 0.4) is 0 Å². The lowest BCUT2D eigenvalue weighted by Crippen LogP contribution is -2.19. The minimum absolute atomic E-state index is 0.141. The smallest absolute Gasteiger partial charge is 0.364 e. The average molecular weight is 216 g/mol. The molecule has 0 aromatic heterocycles. The summed E-state index contributed by atoms with van der Waals surface area (Å²) in [6.45, 7) is 0. The molecule has 2 unspecified atom stereocenters. The van der Waals surface area contributed by atoms with Crippen LogP contribution in [-0.2, 0) is 9.47 Å². The van der Waals surface area contributed by atoms with Crippen molar-refractivity contribution in [2.24, 2.45) is 0 Å². The molecule has 0 amide bonds. The molecule has 0 heterocycles. The molecule has 0 saturated carbocycles. The third kappa shape index (κ3) is 4.15. The molecular weight excluding hydrogens is 200 g/mol. The second-order valence-corrected chi connectivity index (χ2v) is 3.73. The van der Waals surface area contributed by atoms with Gasteiger partial charge >= 0.3 is 5.30 Å². The quantitative estimate of drug-likeness (QED) is 0.438. The van der Waals surface area contributed by atoms with Crippen LogP contribution in [0.15, 0.2) is 12.2 Å². The van der Waals surface area contributed by atoms with E-state index in [1.165, 1.54) is 0 Å². The van der Waals surface area contributed by atoms with Crippen molar-refractivity contribution in [2.75, 3.05) is 7.11 Å². The van der Waals surface area contributed by atoms with Crippen molar-refractivity contribution in [3.05, 3.63) is 12.2 Å². The fourth-order valence-corrected chi connectivity index (χ4v) is 1.72. The first kappa shape index (κ1) is 11.6. The van der Waals surface area contributed by atoms with E-state index in [0.29, 0.717) is 0 Å². The average Bonchev–Trinajstić information content (AvgIpc) is 2.10. The van der Waals surface area contributed by atoms with Crippen LogP contribution in [0.4, 0.5) is 4.79 Å². The Bertz CT molecular complexity index is 215. The zero-order valence-electron chi connectivity index (χ0n) is 8.31. The van der Waals surface area contributed by atoms with Crippen LogP contribution in [0.5, 0.6) is 0 Å². The molecule has 2 atom stereocenters. The maximum absolute atomic E-state index is 10.6. The largest absolute Gasteiger partial charge is 0.450 e. The van der Waals surface area contributed by atoms with Crippen LogP contribution in [0, 0.1) is 0 Å². The Morgan fingerprint density at radius 3 is 2.86 bits per heavy atom. The molecule has 0 spiro atoms. The van der Waals surface area contributed by atoms with Gasteiger partial charge in [0.05, 0.1) is 6.10 Å². The summed E-state index contributed by atoms with van der Waals surface area (Å²) < 4.78 is 10.3. The van der Waals surface area contributed by atoms with Gasteiger partial charge in [0.2, 0.25) is 0 Å². The van der Waals surface area contributed by atoms with Crippen molar-refractivity contribution >= 4 is 17.9 Å². The van der Waals surface area contributed by atoms with Gasteiger partial charge in [0.15, 0.2) is 0 Å². The van der Waals surface area contributed by atoms with E-state index in [-0.39, 0.29) is 12.2 Å². The van der Waals surface area contributed by atoms with Gasteiger partial charge in [-0.1, -0.05) is 18.7 Å². The standard InChI is InChI=1S/C10H16O3S/c1-12-8-4-2-3-5-9(7-6-8)13-10(11)14/h3,5,8-9H,2,4,6-7H2,1H3,(H,11,14)/b5-3+. The lowest BCUT2D eigenvalue weighted by Gasteiger charge is -2.20. The molecule has 14 heavy (non-hydrogen) atoms. The number of ether oxygens (including phenoxy) is 2. The van der Waals surface area contributed by atoms with E-state index < -0.39 is 5.30 Å². The third-order valence-corrected chi connectivity index (χ3v) is 2.47. The summed E-state index contributed by atoms with van der Waals surface area (Å²) in [6, 6.07) is 0. The molecule has 80 valence electrons. The van der Waals surface area contributed by atoms with Crippen LogP contribution in [0.1, 0.15) is 25.7 Å². The van der Waals surface area contributed by atoms with Gasteiger partial charge in [-0.15, -0.1) is 0 Å². The minimum Gasteiger partial charge on any atom is -0.450 e. The number of allylic oxidation sites excluding steroid dienone is 1. The van der Waals surface area contributed by atoms with Gasteiger partial charge in [-0.3, -0.25) is 0 Å². The highest BCUT2D eigenvalue weighted by Crippen LogP contribution is 2.17. The number of hydrogen-bond acceptors (Lipinski definition) is 3. The molecule has 0 N–H and O–H groups in total. The zero-order valence-corrected chi connectivity index (χ0v) is 9.20. The van der Waals surface area contributed by atoms with E-state index in [2.05, 4.69) is 12.6 Å². The van der Waals surface area contributed by atoms with Gasteiger partial charge in [-0.25, -0.2) is 4.79 Å². The Hall–Kier alpha value is -0.480. The highest BCUT2D eigenvalue weighted by Gasteiger charge is 2.15. The van der Waals surface area contributed by atoms with E-state index in [0.717, 1.165) is 25.7 Å². The highest BCUT2D eigenvalue weighted by molar-refractivity contribution is 7.96. The van der Waals surface area contributed by atoms with Crippen LogP contribution >= 0.6 is 12.6 Å². The molecule has 1 aliphatic carbocycles. The molecule has 0 aromatic carbocycles. The van der Waals surface area contributed by atoms with Gasteiger partial charge < -0.3 is 9.47 Å². The summed E-state index contributed by atoms with van der Waals surface area (Å²) in [7, 11) is 1.72. The van der Waals surface area contributed by atoms with Crippen molar-refractivity contribution < 1.29 is 14.3 Å². The Kier molecular flexibility index (Phi) is 5.04. The zero-order chi connectivity index (χ0) is 10.4. The second kappa shape index (κ2) is 6.09. The fraction of sp³-hybridized carbons (Fsp3) is 0.700. The SMILES string of the molecule is COC1CC/C=C/C(OC(=O)S)CC1. The first-order valence-electron chi connectivity index (χ1n) is 4.81. The molecule has 1 rings (SSSR count). The monoisotopic (exact) mass is 216 g/mol. The van der Waals surface area contributed by atoms with Gasteiger partial charge in [-0.05, 0) is 31.8 Å². The summed E-state index contributed by atoms with van der Waals surface area (Å²) in [4.78, 5) is 10.6. The highest BCUT2D eigenvalue weighted by atomic mass is 32.1. The molecule has 0 fully saturated rings. The first-order valence-corrected chi connectivity index (χ1v) is 5.26. The van der Waals surface area contributed by atoms with Gasteiger partial charge in [0.25, 0.3) is 0 Å². The predicted octanol–water partition coefficient (Wildman–Crippen LogP) is 2.57. The number of carbonyl (C=O) groups is 1. The number of rotatable bonds is 2. The summed E-state index contributed by atoms with van der Waals surface area (Å²) in [5, 5.41) is -0.519. The fourth-order valence-electron chi connectivity index (χ4n) is 1.58. The van der Waals surface area contributed by atoms with E-state index in [1.807, 2.05) is 12.2 Å². The maximum Gasteiger partial charge on any atom is 0.364 e. The van der Waals surface area contributed by atoms with Crippen LogP contribution in [-0.4, -0.2) is 24.6 Å². The summed E-state index contributed by atoms with van der Waals surface area (Å²) in [5.41, 5.74) is 0. The Morgan fingerprint density at radius 2 is 2.21 bits per heavy atom. The van der Waals surface area contributed by atoms with Gasteiger partial charge in [0, 0.05) is 7.11 Å². The van der Waals surface area contributed by atoms with Crippen molar-refractivity contribution in [1.29, 1.82) is 0 Å². The number of carbonyl (C=O) groups excluding carboxylic acids is 1. The van der Waals surface area contributed by atoms with Gasteiger partial charge in [-0.2, -0.15) is 0 Å². The van der Waals surface area contributed by atoms with Crippen LogP contribution < -0.4 is 0 Å². The molecule has 4 heteroatoms. The normalized spacial score (nSPS) is 30.1. The second-order valence-electron chi connectivity index (χ2n) is 3.36. The lowest BCUT2D eigenvalue weighted by atomic mass is 10.0. The molecule has 0 aromatic rings. The topological polar surface area (TPSA) is 35.5 Å². The maximum atomic E-state index is 10.6. The number of methoxy groups -OCH3 is 1. The first-order chi connectivity index (χ1) is 6.72. The Balaban J connectivity index is 2.44. The minimum atomic E-state index is -0.519. The predicted molar refractivity (Wildman–Crippen MR) is 57.7 cm³/mol. The molecule has 1 aliphatic rings. The van der Waals surface area contributed by atoms with E-state index in [4.69, 9.17) is 9.47 Å². The molecule has 0 radical (unpaired) electrons. The molecule has 0 saturated heterocycles. The van der Waals surface area contributed by atoms with Crippen molar-refractivity contribution in [3.8, 4) is 0 Å². The lowest BCUT2D eigenvalue weighted by molar-refractivity contribution is 0.0695. The number of thiol groups is 1. The third-order valence-electron chi connectivity index (χ3n) is 2.36. The molecular formula is C10H16O3S. The Labute approximate surface area is 89.9 Å². The summed E-state index contributed by atoms with van der Waals surface area (Å²) >= 11 is 3.59. The van der Waals surface area contributed by atoms with Crippen LogP contribution in [0.25, 0.3) is 0 Å². The molecule has 0 aliphatic heterocycles. The number of hydrogen-bond donors (Lipinski definition) is 1.